The van der Waals surface area contributed by atoms with E-state index in [0.717, 1.165) is 21.4 Å². The molecule has 1 aliphatic rings. The zero-order valence-electron chi connectivity index (χ0n) is 12.1. The topological polar surface area (TPSA) is 25.2 Å². The third kappa shape index (κ3) is 4.33. The monoisotopic (exact) mass is 391 g/mol. The van der Waals surface area contributed by atoms with Crippen LogP contribution in [-0.2, 0) is 6.54 Å². The molecule has 108 valence electrons. The largest absolute Gasteiger partial charge is 0.452 e. The number of nitrogens with one attached hydrogen (secondary N) is 1. The van der Waals surface area contributed by atoms with Crippen LogP contribution in [0.15, 0.2) is 19.6 Å². The molecule has 0 saturated heterocycles. The zero-order valence-corrected chi connectivity index (χ0v) is 15.3. The van der Waals surface area contributed by atoms with Gasteiger partial charge in [-0.25, -0.2) is 0 Å². The Balaban J connectivity index is 1.95. The van der Waals surface area contributed by atoms with Crippen molar-refractivity contribution in [2.45, 2.75) is 59.5 Å². The van der Waals surface area contributed by atoms with E-state index in [0.29, 0.717) is 16.9 Å². The van der Waals surface area contributed by atoms with Crippen LogP contribution >= 0.6 is 31.9 Å². The third-order valence-electron chi connectivity index (χ3n) is 3.82. The van der Waals surface area contributed by atoms with Gasteiger partial charge in [-0.05, 0) is 68.0 Å². The highest BCUT2D eigenvalue weighted by Crippen LogP contribution is 2.45. The molecule has 4 heteroatoms. The predicted octanol–water partition coefficient (Wildman–Crippen LogP) is 5.50. The molecule has 0 aliphatic heterocycles. The van der Waals surface area contributed by atoms with Crippen LogP contribution in [0.3, 0.4) is 0 Å². The van der Waals surface area contributed by atoms with Crippen LogP contribution in [0.4, 0.5) is 0 Å². The molecule has 1 N–H and O–H groups in total. The molecule has 1 heterocycles. The van der Waals surface area contributed by atoms with Gasteiger partial charge in [0.15, 0.2) is 4.67 Å². The molecule has 19 heavy (non-hydrogen) atoms. The van der Waals surface area contributed by atoms with E-state index in [4.69, 9.17) is 4.42 Å². The second-order valence-electron chi connectivity index (χ2n) is 7.33. The fraction of sp³-hybridized carbons (Fsp3) is 0.733. The van der Waals surface area contributed by atoms with Crippen molar-refractivity contribution in [3.05, 3.63) is 21.0 Å². The summed E-state index contributed by atoms with van der Waals surface area (Å²) in [5.41, 5.74) is 0.841. The Morgan fingerprint density at radius 2 is 1.79 bits per heavy atom. The number of rotatable bonds is 3. The quantitative estimate of drug-likeness (QED) is 0.734. The minimum Gasteiger partial charge on any atom is -0.452 e. The van der Waals surface area contributed by atoms with Gasteiger partial charge < -0.3 is 9.73 Å². The lowest BCUT2D eigenvalue weighted by molar-refractivity contribution is 0.0836. The first-order valence-electron chi connectivity index (χ1n) is 6.84. The summed E-state index contributed by atoms with van der Waals surface area (Å²) >= 11 is 6.83. The molecule has 0 unspecified atom stereocenters. The van der Waals surface area contributed by atoms with Crippen LogP contribution in [0.2, 0.25) is 0 Å². The fourth-order valence-corrected chi connectivity index (χ4v) is 4.37. The maximum Gasteiger partial charge on any atom is 0.183 e. The molecule has 1 aliphatic carbocycles. The molecular formula is C15H23Br2NO. The van der Waals surface area contributed by atoms with Crippen LogP contribution < -0.4 is 5.32 Å². The molecule has 0 atom stereocenters. The van der Waals surface area contributed by atoms with Crippen molar-refractivity contribution >= 4 is 31.9 Å². The van der Waals surface area contributed by atoms with Gasteiger partial charge in [-0.2, -0.15) is 0 Å². The lowest BCUT2D eigenvalue weighted by atomic mass is 9.63. The Labute approximate surface area is 133 Å². The van der Waals surface area contributed by atoms with Crippen LogP contribution in [-0.4, -0.2) is 6.04 Å². The molecule has 2 nitrogen and oxygen atoms in total. The molecule has 1 aromatic rings. The highest BCUT2D eigenvalue weighted by Gasteiger charge is 2.38. The van der Waals surface area contributed by atoms with Crippen LogP contribution in [0.25, 0.3) is 0 Å². The van der Waals surface area contributed by atoms with Crippen molar-refractivity contribution in [2.24, 2.45) is 10.8 Å². The van der Waals surface area contributed by atoms with Crippen molar-refractivity contribution in [3.63, 3.8) is 0 Å². The Morgan fingerprint density at radius 1 is 1.21 bits per heavy atom. The van der Waals surface area contributed by atoms with Crippen molar-refractivity contribution in [1.82, 2.24) is 5.32 Å². The summed E-state index contributed by atoms with van der Waals surface area (Å²) in [6.45, 7) is 10.3. The van der Waals surface area contributed by atoms with Gasteiger partial charge in [0.2, 0.25) is 0 Å². The zero-order chi connectivity index (χ0) is 14.3. The lowest BCUT2D eigenvalue weighted by Gasteiger charge is -2.45. The van der Waals surface area contributed by atoms with Crippen molar-refractivity contribution < 1.29 is 4.42 Å². The van der Waals surface area contributed by atoms with Gasteiger partial charge in [0, 0.05) is 6.04 Å². The van der Waals surface area contributed by atoms with Gasteiger partial charge in [-0.1, -0.05) is 27.7 Å². The number of hydrogen-bond acceptors (Lipinski definition) is 2. The number of furan rings is 1. The first-order chi connectivity index (χ1) is 8.67. The first-order valence-corrected chi connectivity index (χ1v) is 8.43. The fourth-order valence-electron chi connectivity index (χ4n) is 3.71. The Bertz CT molecular complexity index is 415. The molecule has 0 spiro atoms. The molecular weight excluding hydrogens is 370 g/mol. The first kappa shape index (κ1) is 15.6. The normalized spacial score (nSPS) is 22.6. The summed E-state index contributed by atoms with van der Waals surface area (Å²) in [7, 11) is 0. The van der Waals surface area contributed by atoms with Crippen LogP contribution in [0.1, 0.15) is 52.7 Å². The highest BCUT2D eigenvalue weighted by atomic mass is 79.9. The van der Waals surface area contributed by atoms with E-state index in [1.165, 1.54) is 19.3 Å². The maximum atomic E-state index is 5.62. The van der Waals surface area contributed by atoms with Crippen molar-refractivity contribution in [1.29, 1.82) is 0 Å². The van der Waals surface area contributed by atoms with Crippen molar-refractivity contribution in [2.75, 3.05) is 0 Å². The lowest BCUT2D eigenvalue weighted by Crippen LogP contribution is -2.43. The Hall–Kier alpha value is 0.200. The summed E-state index contributed by atoms with van der Waals surface area (Å²) in [5, 5.41) is 3.65. The van der Waals surface area contributed by atoms with E-state index in [9.17, 15) is 0 Å². The van der Waals surface area contributed by atoms with E-state index in [2.05, 4.69) is 64.9 Å². The van der Waals surface area contributed by atoms with Gasteiger partial charge in [-0.15, -0.1) is 0 Å². The summed E-state index contributed by atoms with van der Waals surface area (Å²) in [5.74, 6) is 0.972. The summed E-state index contributed by atoms with van der Waals surface area (Å²) in [4.78, 5) is 0. The Kier molecular flexibility index (Phi) is 4.54. The smallest absolute Gasteiger partial charge is 0.183 e. The van der Waals surface area contributed by atoms with Gasteiger partial charge >= 0.3 is 0 Å². The summed E-state index contributed by atoms with van der Waals surface area (Å²) in [6.07, 6.45) is 3.77. The molecule has 1 saturated carbocycles. The molecule has 0 amide bonds. The van der Waals surface area contributed by atoms with Gasteiger partial charge in [0.05, 0.1) is 11.0 Å². The van der Waals surface area contributed by atoms with E-state index < -0.39 is 0 Å². The Morgan fingerprint density at radius 3 is 2.26 bits per heavy atom. The standard InChI is InChI=1S/C15H23Br2NO/c1-14(2)6-10(7-15(3,4)9-14)18-8-11-5-12(16)13(17)19-11/h5,10,18H,6-9H2,1-4H3. The summed E-state index contributed by atoms with van der Waals surface area (Å²) < 4.78 is 7.37. The second-order valence-corrected chi connectivity index (χ2v) is 8.90. The average molecular weight is 393 g/mol. The molecule has 1 fully saturated rings. The molecule has 0 bridgehead atoms. The molecule has 1 aromatic heterocycles. The predicted molar refractivity (Wildman–Crippen MR) is 86.1 cm³/mol. The van der Waals surface area contributed by atoms with E-state index >= 15 is 0 Å². The van der Waals surface area contributed by atoms with E-state index in [1.54, 1.807) is 0 Å². The average Bonchev–Trinajstić information content (AvgIpc) is 2.51. The van der Waals surface area contributed by atoms with Crippen molar-refractivity contribution in [3.8, 4) is 0 Å². The summed E-state index contributed by atoms with van der Waals surface area (Å²) in [6, 6.07) is 2.59. The minimum atomic E-state index is 0.420. The molecule has 0 aromatic carbocycles. The molecule has 0 radical (unpaired) electrons. The number of hydrogen-bond donors (Lipinski definition) is 1. The molecule has 2 rings (SSSR count). The van der Waals surface area contributed by atoms with Gasteiger partial charge in [0.1, 0.15) is 5.76 Å². The van der Waals surface area contributed by atoms with E-state index in [-0.39, 0.29) is 0 Å². The van der Waals surface area contributed by atoms with Crippen LogP contribution in [0, 0.1) is 10.8 Å². The maximum absolute atomic E-state index is 5.62. The second kappa shape index (κ2) is 5.53. The highest BCUT2D eigenvalue weighted by molar-refractivity contribution is 9.13. The van der Waals surface area contributed by atoms with Crippen LogP contribution in [0.5, 0.6) is 0 Å². The number of halogens is 2. The van der Waals surface area contributed by atoms with Gasteiger partial charge in [0.25, 0.3) is 0 Å². The SMILES string of the molecule is CC1(C)CC(NCc2cc(Br)c(Br)o2)CC(C)(C)C1. The van der Waals surface area contributed by atoms with Gasteiger partial charge in [-0.3, -0.25) is 0 Å². The minimum absolute atomic E-state index is 0.420. The van der Waals surface area contributed by atoms with E-state index in [1.807, 2.05) is 6.07 Å². The third-order valence-corrected chi connectivity index (χ3v) is 5.53.